The number of hydrogen-bond acceptors (Lipinski definition) is 6. The molecule has 1 aliphatic heterocycles. The van der Waals surface area contributed by atoms with Gasteiger partial charge in [0.2, 0.25) is 0 Å². The van der Waals surface area contributed by atoms with Crippen LogP contribution in [0.5, 0.6) is 0 Å². The predicted octanol–water partition coefficient (Wildman–Crippen LogP) is 0.492. The molecule has 1 spiro atoms. The van der Waals surface area contributed by atoms with Crippen LogP contribution in [0.1, 0.15) is 19.3 Å². The van der Waals surface area contributed by atoms with Crippen molar-refractivity contribution in [2.45, 2.75) is 25.0 Å². The molecule has 0 aromatic rings. The lowest BCUT2D eigenvalue weighted by Crippen LogP contribution is -2.27. The van der Waals surface area contributed by atoms with Crippen molar-refractivity contribution in [3.63, 3.8) is 0 Å². The topological polar surface area (TPSA) is 71.1 Å². The Hall–Kier alpha value is -1.14. The van der Waals surface area contributed by atoms with Gasteiger partial charge in [-0.2, -0.15) is 0 Å². The normalized spacial score (nSPS) is 24.9. The molecule has 1 heterocycles. The van der Waals surface area contributed by atoms with Gasteiger partial charge in [-0.15, -0.1) is 0 Å². The van der Waals surface area contributed by atoms with Crippen molar-refractivity contribution < 1.29 is 28.5 Å². The van der Waals surface area contributed by atoms with Gasteiger partial charge in [0.1, 0.15) is 0 Å². The summed E-state index contributed by atoms with van der Waals surface area (Å²) < 4.78 is 19.5. The third kappa shape index (κ3) is 3.67. The number of ether oxygens (including phenoxy) is 4. The van der Waals surface area contributed by atoms with E-state index in [-0.39, 0.29) is 11.9 Å². The summed E-state index contributed by atoms with van der Waals surface area (Å²) in [6.07, 6.45) is 2.28. The third-order valence-corrected chi connectivity index (χ3v) is 2.88. The molecule has 1 aliphatic carbocycles. The van der Waals surface area contributed by atoms with Crippen molar-refractivity contribution in [3.8, 4) is 0 Å². The van der Waals surface area contributed by atoms with Crippen LogP contribution < -0.4 is 0 Å². The van der Waals surface area contributed by atoms with Gasteiger partial charge in [-0.1, -0.05) is 0 Å². The van der Waals surface area contributed by atoms with Gasteiger partial charge in [0, 0.05) is 12.8 Å². The van der Waals surface area contributed by atoms with Crippen molar-refractivity contribution in [1.29, 1.82) is 0 Å². The summed E-state index contributed by atoms with van der Waals surface area (Å²) in [7, 11) is 2.73. The van der Waals surface area contributed by atoms with Gasteiger partial charge in [0.05, 0.1) is 33.4 Å². The molecule has 17 heavy (non-hydrogen) atoms. The second kappa shape index (κ2) is 6.56. The molecule has 1 atom stereocenters. The third-order valence-electron chi connectivity index (χ3n) is 2.88. The van der Waals surface area contributed by atoms with Crippen LogP contribution in [0.15, 0.2) is 0 Å². The Balaban J connectivity index is 0.000000317. The summed E-state index contributed by atoms with van der Waals surface area (Å²) in [5, 5.41) is 0. The summed E-state index contributed by atoms with van der Waals surface area (Å²) in [5.41, 5.74) is 0. The van der Waals surface area contributed by atoms with Crippen LogP contribution >= 0.6 is 0 Å². The van der Waals surface area contributed by atoms with Crippen LogP contribution in [0.25, 0.3) is 0 Å². The van der Waals surface area contributed by atoms with E-state index < -0.39 is 5.79 Å². The van der Waals surface area contributed by atoms with Crippen LogP contribution in [0.3, 0.4) is 0 Å². The number of methoxy groups -OCH3 is 2. The molecular formula is C11H18O6. The van der Waals surface area contributed by atoms with Crippen molar-refractivity contribution >= 4 is 12.4 Å². The largest absolute Gasteiger partial charge is 0.471 e. The second-order valence-electron chi connectivity index (χ2n) is 3.90. The number of carbonyl (C=O) groups excluding carboxylic acids is 2. The first-order valence-corrected chi connectivity index (χ1v) is 5.49. The highest BCUT2D eigenvalue weighted by Crippen LogP contribution is 2.41. The minimum Gasteiger partial charge on any atom is -0.471 e. The van der Waals surface area contributed by atoms with E-state index in [0.717, 1.165) is 12.8 Å². The molecule has 0 bridgehead atoms. The monoisotopic (exact) mass is 246 g/mol. The van der Waals surface area contributed by atoms with E-state index in [4.69, 9.17) is 14.3 Å². The maximum absolute atomic E-state index is 11.2. The molecule has 1 saturated carbocycles. The quantitative estimate of drug-likeness (QED) is 0.521. The average Bonchev–Trinajstić information content (AvgIpc) is 3.00. The lowest BCUT2D eigenvalue weighted by molar-refractivity contribution is -0.161. The SMILES string of the molecule is COC(=O)[C@H]1CCC2(C1)OCCO2.COC=O. The minimum absolute atomic E-state index is 0.0388. The predicted molar refractivity (Wildman–Crippen MR) is 57.1 cm³/mol. The molecule has 6 nitrogen and oxygen atoms in total. The van der Waals surface area contributed by atoms with E-state index in [1.807, 2.05) is 0 Å². The highest BCUT2D eigenvalue weighted by atomic mass is 16.7. The molecule has 0 amide bonds. The fourth-order valence-electron chi connectivity index (χ4n) is 2.10. The Morgan fingerprint density at radius 3 is 2.41 bits per heavy atom. The van der Waals surface area contributed by atoms with E-state index in [0.29, 0.717) is 26.1 Å². The molecule has 2 fully saturated rings. The molecule has 0 aromatic carbocycles. The van der Waals surface area contributed by atoms with Crippen molar-refractivity contribution in [2.75, 3.05) is 27.4 Å². The Kier molecular flexibility index (Phi) is 5.37. The molecule has 0 radical (unpaired) electrons. The van der Waals surface area contributed by atoms with E-state index in [1.165, 1.54) is 14.2 Å². The molecule has 0 aromatic heterocycles. The first kappa shape index (κ1) is 13.9. The van der Waals surface area contributed by atoms with Gasteiger partial charge in [0.15, 0.2) is 5.79 Å². The smallest absolute Gasteiger partial charge is 0.308 e. The van der Waals surface area contributed by atoms with E-state index >= 15 is 0 Å². The van der Waals surface area contributed by atoms with Crippen LogP contribution in [0.4, 0.5) is 0 Å². The van der Waals surface area contributed by atoms with E-state index in [9.17, 15) is 4.79 Å². The van der Waals surface area contributed by atoms with Gasteiger partial charge >= 0.3 is 5.97 Å². The van der Waals surface area contributed by atoms with Crippen LogP contribution in [0, 0.1) is 5.92 Å². The molecule has 98 valence electrons. The Morgan fingerprint density at radius 2 is 1.94 bits per heavy atom. The zero-order chi connectivity index (χ0) is 12.7. The first-order chi connectivity index (χ1) is 8.17. The summed E-state index contributed by atoms with van der Waals surface area (Å²) in [6.45, 7) is 1.67. The summed E-state index contributed by atoms with van der Waals surface area (Å²) in [4.78, 5) is 20.2. The van der Waals surface area contributed by atoms with Crippen molar-refractivity contribution in [3.05, 3.63) is 0 Å². The van der Waals surface area contributed by atoms with Gasteiger partial charge in [0.25, 0.3) is 6.47 Å². The molecule has 6 heteroatoms. The fraction of sp³-hybridized carbons (Fsp3) is 0.818. The zero-order valence-electron chi connectivity index (χ0n) is 10.1. The number of carbonyl (C=O) groups is 2. The Morgan fingerprint density at radius 1 is 1.35 bits per heavy atom. The highest BCUT2D eigenvalue weighted by molar-refractivity contribution is 5.72. The fourth-order valence-corrected chi connectivity index (χ4v) is 2.10. The van der Waals surface area contributed by atoms with Crippen LogP contribution in [-0.4, -0.2) is 45.7 Å². The maximum atomic E-state index is 11.2. The van der Waals surface area contributed by atoms with Crippen LogP contribution in [-0.2, 0) is 28.5 Å². The zero-order valence-corrected chi connectivity index (χ0v) is 10.1. The second-order valence-corrected chi connectivity index (χ2v) is 3.90. The van der Waals surface area contributed by atoms with Gasteiger partial charge < -0.3 is 18.9 Å². The molecular weight excluding hydrogens is 228 g/mol. The van der Waals surface area contributed by atoms with E-state index in [2.05, 4.69) is 9.47 Å². The Labute approximate surface area is 100 Å². The number of rotatable bonds is 2. The standard InChI is InChI=1S/C9H14O4.C2H4O2/c1-11-8(10)7-2-3-9(6-7)12-4-5-13-9;1-4-2-3/h7H,2-6H2,1H3;2H,1H3/t7-;/m0./s1. The van der Waals surface area contributed by atoms with Gasteiger partial charge in [-0.05, 0) is 6.42 Å². The number of hydrogen-bond donors (Lipinski definition) is 0. The summed E-state index contributed by atoms with van der Waals surface area (Å²) in [5.74, 6) is -0.641. The maximum Gasteiger partial charge on any atom is 0.308 e. The van der Waals surface area contributed by atoms with Gasteiger partial charge in [-0.25, -0.2) is 0 Å². The molecule has 0 N–H and O–H groups in total. The average molecular weight is 246 g/mol. The molecule has 1 saturated heterocycles. The Bertz CT molecular complexity index is 259. The lowest BCUT2D eigenvalue weighted by atomic mass is 10.1. The molecule has 2 aliphatic rings. The van der Waals surface area contributed by atoms with Crippen LogP contribution in [0.2, 0.25) is 0 Å². The molecule has 0 unspecified atom stereocenters. The minimum atomic E-state index is -0.459. The van der Waals surface area contributed by atoms with Crippen molar-refractivity contribution in [2.24, 2.45) is 5.92 Å². The van der Waals surface area contributed by atoms with Crippen molar-refractivity contribution in [1.82, 2.24) is 0 Å². The summed E-state index contributed by atoms with van der Waals surface area (Å²) in [6, 6.07) is 0. The van der Waals surface area contributed by atoms with Gasteiger partial charge in [-0.3, -0.25) is 9.59 Å². The lowest BCUT2D eigenvalue weighted by Gasteiger charge is -2.20. The number of esters is 1. The highest BCUT2D eigenvalue weighted by Gasteiger charge is 2.46. The molecule has 2 rings (SSSR count). The van der Waals surface area contributed by atoms with E-state index in [1.54, 1.807) is 0 Å². The first-order valence-electron chi connectivity index (χ1n) is 5.49. The summed E-state index contributed by atoms with van der Waals surface area (Å²) >= 11 is 0.